The zero-order chi connectivity index (χ0) is 23.0. The minimum atomic E-state index is -0.105. The molecule has 0 radical (unpaired) electrons. The van der Waals surface area contributed by atoms with Crippen LogP contribution < -0.4 is 0 Å². The fraction of sp³-hybridized carbons (Fsp3) is 0.536. The lowest BCUT2D eigenvalue weighted by molar-refractivity contribution is -0.148. The average Bonchev–Trinajstić information content (AvgIpc) is 2.82. The highest BCUT2D eigenvalue weighted by Crippen LogP contribution is 2.18. The van der Waals surface area contributed by atoms with Crippen LogP contribution in [0, 0.1) is 0 Å². The van der Waals surface area contributed by atoms with E-state index in [1.165, 1.54) is 36.8 Å². The maximum atomic E-state index is 11.3. The number of allylic oxidation sites excluding steroid dienone is 1. The Kier molecular flexibility index (Phi) is 12.3. The number of rotatable bonds is 16. The van der Waals surface area contributed by atoms with Crippen molar-refractivity contribution in [2.24, 2.45) is 0 Å². The zero-order valence-corrected chi connectivity index (χ0v) is 20.0. The molecule has 174 valence electrons. The van der Waals surface area contributed by atoms with Gasteiger partial charge in [-0.15, -0.1) is 6.58 Å². The summed E-state index contributed by atoms with van der Waals surface area (Å²) in [5.74, 6) is 0.688. The van der Waals surface area contributed by atoms with E-state index in [2.05, 4.69) is 40.8 Å². The number of unbranched alkanes of at least 4 members (excludes halogenated alkanes) is 6. The van der Waals surface area contributed by atoms with Crippen LogP contribution in [0.1, 0.15) is 89.2 Å². The quantitative estimate of drug-likeness (QED) is 0.158. The standard InChI is InChI=1S/C28H40N2O2/c1-4-6-7-8-9-12-16-25-21-29-28(30-22-25)26-19-17-24(18-20-26)15-13-10-11-14-23(3)32-27(31)5-2/h4,17-23H,1,5-16H2,2-3H3. The molecule has 2 aromatic rings. The first-order valence-electron chi connectivity index (χ1n) is 12.3. The summed E-state index contributed by atoms with van der Waals surface area (Å²) in [4.78, 5) is 20.4. The first-order valence-corrected chi connectivity index (χ1v) is 12.3. The molecule has 0 bridgehead atoms. The van der Waals surface area contributed by atoms with Gasteiger partial charge in [-0.3, -0.25) is 4.79 Å². The van der Waals surface area contributed by atoms with Crippen molar-refractivity contribution in [1.29, 1.82) is 0 Å². The van der Waals surface area contributed by atoms with Gasteiger partial charge in [0.2, 0.25) is 0 Å². The van der Waals surface area contributed by atoms with Crippen LogP contribution in [0.5, 0.6) is 0 Å². The maximum Gasteiger partial charge on any atom is 0.305 e. The molecule has 1 unspecified atom stereocenters. The number of ether oxygens (including phenoxy) is 1. The monoisotopic (exact) mass is 436 g/mol. The highest BCUT2D eigenvalue weighted by atomic mass is 16.5. The molecule has 0 N–H and O–H groups in total. The second-order valence-corrected chi connectivity index (χ2v) is 8.61. The molecular formula is C28H40N2O2. The lowest BCUT2D eigenvalue weighted by atomic mass is 10.0. The van der Waals surface area contributed by atoms with Crippen LogP contribution in [0.25, 0.3) is 11.4 Å². The molecule has 1 aromatic carbocycles. The van der Waals surface area contributed by atoms with Crippen molar-refractivity contribution in [2.45, 2.75) is 97.0 Å². The van der Waals surface area contributed by atoms with Gasteiger partial charge in [0.25, 0.3) is 0 Å². The molecule has 1 atom stereocenters. The van der Waals surface area contributed by atoms with Gasteiger partial charge in [-0.1, -0.05) is 56.5 Å². The zero-order valence-electron chi connectivity index (χ0n) is 20.0. The van der Waals surface area contributed by atoms with Gasteiger partial charge < -0.3 is 4.74 Å². The number of aromatic nitrogens is 2. The van der Waals surface area contributed by atoms with Crippen LogP contribution in [-0.2, 0) is 22.4 Å². The number of carbonyl (C=O) groups excluding carboxylic acids is 1. The predicted octanol–water partition coefficient (Wildman–Crippen LogP) is 7.27. The topological polar surface area (TPSA) is 52.1 Å². The van der Waals surface area contributed by atoms with Crippen molar-refractivity contribution in [2.75, 3.05) is 0 Å². The van der Waals surface area contributed by atoms with Gasteiger partial charge in [-0.05, 0) is 69.4 Å². The van der Waals surface area contributed by atoms with Crippen molar-refractivity contribution < 1.29 is 9.53 Å². The third-order valence-electron chi connectivity index (χ3n) is 5.74. The third kappa shape index (κ3) is 10.2. The van der Waals surface area contributed by atoms with Gasteiger partial charge in [0, 0.05) is 24.4 Å². The van der Waals surface area contributed by atoms with E-state index >= 15 is 0 Å². The van der Waals surface area contributed by atoms with Crippen LogP contribution in [-0.4, -0.2) is 22.0 Å². The van der Waals surface area contributed by atoms with Gasteiger partial charge in [0.05, 0.1) is 6.10 Å². The van der Waals surface area contributed by atoms with Gasteiger partial charge in [-0.25, -0.2) is 9.97 Å². The Labute approximate surface area is 194 Å². The van der Waals surface area contributed by atoms with Crippen LogP contribution in [0.2, 0.25) is 0 Å². The summed E-state index contributed by atoms with van der Waals surface area (Å²) in [5.41, 5.74) is 3.62. The van der Waals surface area contributed by atoms with Crippen molar-refractivity contribution >= 4 is 5.97 Å². The Hall–Kier alpha value is -2.49. The number of benzene rings is 1. The molecule has 0 saturated carbocycles. The van der Waals surface area contributed by atoms with Gasteiger partial charge >= 0.3 is 5.97 Å². The number of hydrogen-bond donors (Lipinski definition) is 0. The predicted molar refractivity (Wildman–Crippen MR) is 132 cm³/mol. The molecule has 0 spiro atoms. The van der Waals surface area contributed by atoms with Gasteiger partial charge in [0.1, 0.15) is 0 Å². The van der Waals surface area contributed by atoms with Crippen molar-refractivity contribution in [3.05, 3.63) is 60.4 Å². The maximum absolute atomic E-state index is 11.3. The van der Waals surface area contributed by atoms with Gasteiger partial charge in [0.15, 0.2) is 5.82 Å². The second-order valence-electron chi connectivity index (χ2n) is 8.61. The molecule has 1 heterocycles. The molecule has 4 heteroatoms. The molecule has 0 fully saturated rings. The van der Waals surface area contributed by atoms with E-state index in [1.54, 1.807) is 0 Å². The smallest absolute Gasteiger partial charge is 0.305 e. The molecule has 0 amide bonds. The molecule has 2 rings (SSSR count). The normalized spacial score (nSPS) is 11.8. The van der Waals surface area contributed by atoms with Crippen molar-refractivity contribution in [1.82, 2.24) is 9.97 Å². The fourth-order valence-electron chi connectivity index (χ4n) is 3.73. The first kappa shape index (κ1) is 25.8. The number of aryl methyl sites for hydroxylation is 2. The second kappa shape index (κ2) is 15.3. The van der Waals surface area contributed by atoms with E-state index < -0.39 is 0 Å². The van der Waals surface area contributed by atoms with E-state index in [0.717, 1.165) is 56.3 Å². The Balaban J connectivity index is 1.67. The van der Waals surface area contributed by atoms with Crippen molar-refractivity contribution in [3.63, 3.8) is 0 Å². The van der Waals surface area contributed by atoms with Crippen LogP contribution in [0.15, 0.2) is 49.3 Å². The molecule has 32 heavy (non-hydrogen) atoms. The summed E-state index contributed by atoms with van der Waals surface area (Å²) in [7, 11) is 0. The van der Waals surface area contributed by atoms with Crippen molar-refractivity contribution in [3.8, 4) is 11.4 Å². The number of carbonyl (C=O) groups is 1. The number of hydrogen-bond acceptors (Lipinski definition) is 4. The van der Waals surface area contributed by atoms with E-state index in [9.17, 15) is 4.79 Å². The summed E-state index contributed by atoms with van der Waals surface area (Å²) in [6, 6.07) is 8.61. The molecular weight excluding hydrogens is 396 g/mol. The Morgan fingerprint density at radius 2 is 1.56 bits per heavy atom. The summed E-state index contributed by atoms with van der Waals surface area (Å²) >= 11 is 0. The van der Waals surface area contributed by atoms with Gasteiger partial charge in [-0.2, -0.15) is 0 Å². The lowest BCUT2D eigenvalue weighted by Crippen LogP contribution is -2.13. The molecule has 0 aliphatic carbocycles. The number of esters is 1. The van der Waals surface area contributed by atoms with E-state index in [-0.39, 0.29) is 12.1 Å². The Bertz CT molecular complexity index is 784. The molecule has 1 aromatic heterocycles. The Morgan fingerprint density at radius 1 is 0.938 bits per heavy atom. The minimum Gasteiger partial charge on any atom is -0.463 e. The summed E-state index contributed by atoms with van der Waals surface area (Å²) in [5, 5.41) is 0. The average molecular weight is 437 g/mol. The van der Waals surface area contributed by atoms with Crippen LogP contribution in [0.3, 0.4) is 0 Å². The summed E-state index contributed by atoms with van der Waals surface area (Å²) < 4.78 is 5.31. The summed E-state index contributed by atoms with van der Waals surface area (Å²) in [6.45, 7) is 7.58. The largest absolute Gasteiger partial charge is 0.463 e. The van der Waals surface area contributed by atoms with Crippen LogP contribution in [0.4, 0.5) is 0 Å². The van der Waals surface area contributed by atoms with Crippen LogP contribution >= 0.6 is 0 Å². The van der Waals surface area contributed by atoms with E-state index in [1.807, 2.05) is 32.3 Å². The number of nitrogens with zero attached hydrogens (tertiary/aromatic N) is 2. The minimum absolute atomic E-state index is 0.0236. The highest BCUT2D eigenvalue weighted by Gasteiger charge is 2.07. The first-order chi connectivity index (χ1) is 15.6. The molecule has 0 aliphatic rings. The van der Waals surface area contributed by atoms with E-state index in [4.69, 9.17) is 4.74 Å². The Morgan fingerprint density at radius 3 is 2.22 bits per heavy atom. The van der Waals surface area contributed by atoms with E-state index in [0.29, 0.717) is 6.42 Å². The lowest BCUT2D eigenvalue weighted by Gasteiger charge is -2.12. The molecule has 0 saturated heterocycles. The molecule has 0 aliphatic heterocycles. The third-order valence-corrected chi connectivity index (χ3v) is 5.74. The summed E-state index contributed by atoms with van der Waals surface area (Å²) in [6.07, 6.45) is 18.9. The highest BCUT2D eigenvalue weighted by molar-refractivity contribution is 5.69. The molecule has 4 nitrogen and oxygen atoms in total. The fourth-order valence-corrected chi connectivity index (χ4v) is 3.73. The SMILES string of the molecule is C=CCCCCCCc1cnc(-c2ccc(CCCCCC(C)OC(=O)CC)cc2)nc1.